The van der Waals surface area contributed by atoms with Crippen molar-refractivity contribution in [1.82, 2.24) is 0 Å². The van der Waals surface area contributed by atoms with Crippen LogP contribution in [0.15, 0.2) is 0 Å². The summed E-state index contributed by atoms with van der Waals surface area (Å²) in [5, 5.41) is 0. The second-order valence-corrected chi connectivity index (χ2v) is 11.2. The third-order valence-electron chi connectivity index (χ3n) is 1.98. The summed E-state index contributed by atoms with van der Waals surface area (Å²) in [5.74, 6) is -0.525. The Morgan fingerprint density at radius 2 is 1.69 bits per heavy atom. The second kappa shape index (κ2) is 3.79. The van der Waals surface area contributed by atoms with Crippen molar-refractivity contribution in [2.24, 2.45) is 0 Å². The smallest absolute Gasteiger partial charge is 0.309 e. The average Bonchev–Trinajstić information content (AvgIpc) is 2.05. The number of rotatable bonds is 5. The molecule has 0 amide bonds. The fourth-order valence-corrected chi connectivity index (χ4v) is 5.43. The van der Waals surface area contributed by atoms with E-state index in [0.717, 1.165) is 0 Å². The van der Waals surface area contributed by atoms with Crippen LogP contribution in [0.25, 0.3) is 0 Å². The van der Waals surface area contributed by atoms with Gasteiger partial charge in [0.1, 0.15) is 0 Å². The lowest BCUT2D eigenvalue weighted by Crippen LogP contribution is -2.37. The summed E-state index contributed by atoms with van der Waals surface area (Å²) in [6, 6.07) is 0. The highest BCUT2D eigenvalue weighted by Gasteiger charge is 2.45. The highest BCUT2D eigenvalue weighted by atomic mass is 32.8. The van der Waals surface area contributed by atoms with E-state index in [4.69, 9.17) is 0 Å². The lowest BCUT2D eigenvalue weighted by molar-refractivity contribution is 0.283. The van der Waals surface area contributed by atoms with E-state index in [2.05, 4.69) is 4.52 Å². The van der Waals surface area contributed by atoms with Crippen molar-refractivity contribution in [3.63, 3.8) is 0 Å². The molecule has 0 fully saturated rings. The van der Waals surface area contributed by atoms with Crippen LogP contribution in [-0.2, 0) is 18.1 Å². The molecular weight excluding hydrogens is 215 g/mol. The van der Waals surface area contributed by atoms with Gasteiger partial charge in [-0.3, -0.25) is 9.08 Å². The van der Waals surface area contributed by atoms with Gasteiger partial charge in [-0.25, -0.2) is 4.57 Å². The van der Waals surface area contributed by atoms with Crippen LogP contribution >= 0.6 is 6.80 Å². The molecule has 0 radical (unpaired) electrons. The lowest BCUT2D eigenvalue weighted by Gasteiger charge is -2.42. The van der Waals surface area contributed by atoms with E-state index >= 15 is 0 Å². The van der Waals surface area contributed by atoms with Crippen molar-refractivity contribution in [3.8, 4) is 0 Å². The van der Waals surface area contributed by atoms with Gasteiger partial charge < -0.3 is 4.89 Å². The molecule has 0 aliphatic carbocycles. The van der Waals surface area contributed by atoms with Crippen LogP contribution in [0.4, 0.5) is 0 Å². The predicted molar refractivity (Wildman–Crippen MR) is 53.3 cm³/mol. The Kier molecular flexibility index (Phi) is 3.86. The van der Waals surface area contributed by atoms with Gasteiger partial charge in [-0.05, 0) is 20.8 Å². The van der Waals surface area contributed by atoms with Gasteiger partial charge in [0.2, 0.25) is 0 Å². The highest BCUT2D eigenvalue weighted by Crippen LogP contribution is 2.62. The zero-order valence-corrected chi connectivity index (χ0v) is 9.81. The maximum absolute atomic E-state index is 11.9. The van der Waals surface area contributed by atoms with Gasteiger partial charge in [0, 0.05) is 11.5 Å². The Labute approximate surface area is 78.0 Å². The van der Waals surface area contributed by atoms with Crippen molar-refractivity contribution >= 4 is 15.8 Å². The van der Waals surface area contributed by atoms with Crippen LogP contribution in [0.3, 0.4) is 0 Å². The lowest BCUT2D eigenvalue weighted by atomic mass is 10.9. The summed E-state index contributed by atoms with van der Waals surface area (Å²) in [7, 11) is -4.52. The van der Waals surface area contributed by atoms with Gasteiger partial charge in [-0.2, -0.15) is 4.21 Å². The Bertz CT molecular complexity index is 279. The fraction of sp³-hybridized carbons (Fsp3) is 1.00. The van der Waals surface area contributed by atoms with Gasteiger partial charge in [-0.1, -0.05) is 0 Å². The zero-order chi connectivity index (χ0) is 10.8. The van der Waals surface area contributed by atoms with E-state index in [9.17, 15) is 18.2 Å². The molecule has 0 saturated heterocycles. The minimum atomic E-state index is -4.52. The van der Waals surface area contributed by atoms with Gasteiger partial charge in [0.15, 0.2) is 0 Å². The van der Waals surface area contributed by atoms with E-state index in [1.807, 2.05) is 0 Å². The van der Waals surface area contributed by atoms with Crippen molar-refractivity contribution in [2.75, 3.05) is 18.1 Å². The Morgan fingerprint density at radius 1 is 1.31 bits per heavy atom. The summed E-state index contributed by atoms with van der Waals surface area (Å²) < 4.78 is 37.4. The standard InChI is InChI=1S/C6H17O5PS/c1-4-11-12(7,8)13(9,10,5-2)6-3/h4-6H2,1-3H3,(H,7,8)(H,9,10). The van der Waals surface area contributed by atoms with Crippen LogP contribution < -0.4 is 0 Å². The number of hydrogen-bond acceptors (Lipinski definition) is 3. The molecule has 0 heterocycles. The van der Waals surface area contributed by atoms with Crippen LogP contribution in [0, 0.1) is 0 Å². The van der Waals surface area contributed by atoms with Crippen LogP contribution in [0.1, 0.15) is 20.8 Å². The fourth-order valence-electron chi connectivity index (χ4n) is 0.813. The van der Waals surface area contributed by atoms with Crippen LogP contribution in [0.5, 0.6) is 0 Å². The third-order valence-corrected chi connectivity index (χ3v) is 10.9. The minimum absolute atomic E-state index is 0.0527. The molecule has 7 heteroatoms. The molecule has 82 valence electrons. The first-order valence-electron chi connectivity index (χ1n) is 4.08. The molecule has 0 aromatic carbocycles. The number of hydrogen-bond donors (Lipinski definition) is 2. The SMILES string of the molecule is CCOP(=O)(O)S(=O)(O)(CC)CC. The quantitative estimate of drug-likeness (QED) is 0.701. The Morgan fingerprint density at radius 3 is 1.92 bits per heavy atom. The van der Waals surface area contributed by atoms with Gasteiger partial charge in [0.25, 0.3) is 0 Å². The predicted octanol–water partition coefficient (Wildman–Crippen LogP) is 1.46. The van der Waals surface area contributed by atoms with E-state index in [-0.39, 0.29) is 18.1 Å². The van der Waals surface area contributed by atoms with Crippen molar-refractivity contribution in [3.05, 3.63) is 0 Å². The molecule has 0 saturated carbocycles. The first-order chi connectivity index (χ1) is 5.73. The molecule has 0 aromatic rings. The molecular formula is C6H17O5PS. The third kappa shape index (κ3) is 2.19. The van der Waals surface area contributed by atoms with E-state index in [0.29, 0.717) is 0 Å². The first kappa shape index (κ1) is 13.3. The minimum Gasteiger partial charge on any atom is -0.309 e. The summed E-state index contributed by atoms with van der Waals surface area (Å²) in [4.78, 5) is 9.31. The monoisotopic (exact) mass is 232 g/mol. The largest absolute Gasteiger partial charge is 0.439 e. The molecule has 0 spiro atoms. The van der Waals surface area contributed by atoms with Gasteiger partial charge >= 0.3 is 6.80 Å². The highest BCUT2D eigenvalue weighted by molar-refractivity contribution is 8.63. The first-order valence-corrected chi connectivity index (χ1v) is 8.53. The molecule has 2 N–H and O–H groups in total. The normalized spacial score (nSPS) is 20.2. The Hall–Kier alpha value is 0.260. The van der Waals surface area contributed by atoms with Crippen molar-refractivity contribution in [2.45, 2.75) is 20.8 Å². The van der Waals surface area contributed by atoms with Crippen molar-refractivity contribution in [1.29, 1.82) is 0 Å². The van der Waals surface area contributed by atoms with E-state index in [1.165, 1.54) is 20.8 Å². The molecule has 1 atom stereocenters. The summed E-state index contributed by atoms with van der Waals surface area (Å²) in [6.45, 7) is -0.163. The average molecular weight is 232 g/mol. The summed E-state index contributed by atoms with van der Waals surface area (Å²) in [6.07, 6.45) is 0. The summed E-state index contributed by atoms with van der Waals surface area (Å²) >= 11 is 0. The molecule has 0 aliphatic rings. The topological polar surface area (TPSA) is 83.8 Å². The Balaban J connectivity index is 5.22. The maximum atomic E-state index is 11.9. The van der Waals surface area contributed by atoms with E-state index < -0.39 is 15.8 Å². The van der Waals surface area contributed by atoms with E-state index in [1.54, 1.807) is 0 Å². The van der Waals surface area contributed by atoms with Crippen molar-refractivity contribution < 1.29 is 22.7 Å². The molecule has 5 nitrogen and oxygen atoms in total. The molecule has 0 aliphatic heterocycles. The molecule has 0 aromatic heterocycles. The second-order valence-electron chi connectivity index (χ2n) is 2.65. The molecule has 0 rings (SSSR count). The maximum Gasteiger partial charge on any atom is 0.439 e. The summed E-state index contributed by atoms with van der Waals surface area (Å²) in [5.41, 5.74) is 0. The molecule has 13 heavy (non-hydrogen) atoms. The van der Waals surface area contributed by atoms with Gasteiger partial charge in [0.05, 0.1) is 6.61 Å². The van der Waals surface area contributed by atoms with Gasteiger partial charge in [-0.15, -0.1) is 8.97 Å². The molecule has 1 unspecified atom stereocenters. The van der Waals surface area contributed by atoms with Crippen LogP contribution in [0.2, 0.25) is 0 Å². The molecule has 0 bridgehead atoms. The van der Waals surface area contributed by atoms with Crippen LogP contribution in [-0.4, -0.2) is 31.8 Å². The zero-order valence-electron chi connectivity index (χ0n) is 8.10.